The Hall–Kier alpha value is -2.94. The zero-order valence-corrected chi connectivity index (χ0v) is 17.9. The van der Waals surface area contributed by atoms with E-state index in [9.17, 15) is 19.2 Å². The molecule has 164 valence electrons. The second-order valence-corrected chi connectivity index (χ2v) is 6.84. The molecule has 0 spiro atoms. The summed E-state index contributed by atoms with van der Waals surface area (Å²) in [5.74, 6) is -1.49. The number of nitrogens with zero attached hydrogens (tertiary/aromatic N) is 3. The molecular weight excluding hydrogens is 390 g/mol. The Morgan fingerprint density at radius 3 is 2.20 bits per heavy atom. The number of hydrogen-bond donors (Lipinski definition) is 0. The Morgan fingerprint density at radius 2 is 1.67 bits per heavy atom. The van der Waals surface area contributed by atoms with E-state index in [0.717, 1.165) is 4.90 Å². The Balaban J connectivity index is 2.51. The summed E-state index contributed by atoms with van der Waals surface area (Å²) >= 11 is 0. The molecule has 0 saturated carbocycles. The summed E-state index contributed by atoms with van der Waals surface area (Å²) in [5.41, 5.74) is -1.22. The molecule has 30 heavy (non-hydrogen) atoms. The number of rotatable bonds is 9. The van der Waals surface area contributed by atoms with Crippen molar-refractivity contribution >= 4 is 23.9 Å². The van der Waals surface area contributed by atoms with Gasteiger partial charge in [-0.1, -0.05) is 42.3 Å². The van der Waals surface area contributed by atoms with Crippen LogP contribution < -0.4 is 0 Å². The lowest BCUT2D eigenvalue weighted by atomic mass is 9.74. The Morgan fingerprint density at radius 1 is 1.03 bits per heavy atom. The molecule has 0 bridgehead atoms. The highest BCUT2D eigenvalue weighted by Crippen LogP contribution is 2.37. The average molecular weight is 419 g/mol. The van der Waals surface area contributed by atoms with Crippen LogP contribution in [0.2, 0.25) is 0 Å². The van der Waals surface area contributed by atoms with Gasteiger partial charge >= 0.3 is 12.1 Å². The van der Waals surface area contributed by atoms with Gasteiger partial charge in [0.15, 0.2) is 5.41 Å². The second kappa shape index (κ2) is 10.2. The molecule has 0 N–H and O–H groups in total. The summed E-state index contributed by atoms with van der Waals surface area (Å²) in [7, 11) is 1.52. The molecule has 1 atom stereocenters. The van der Waals surface area contributed by atoms with Gasteiger partial charge in [-0.15, -0.1) is 0 Å². The molecule has 9 heteroatoms. The van der Waals surface area contributed by atoms with E-state index < -0.39 is 29.4 Å². The number of barbiturate groups is 1. The van der Waals surface area contributed by atoms with E-state index in [1.165, 1.54) is 12.0 Å². The van der Waals surface area contributed by atoms with E-state index in [0.29, 0.717) is 36.7 Å². The monoisotopic (exact) mass is 419 g/mol. The molecular formula is C21H29N3O6. The van der Waals surface area contributed by atoms with Gasteiger partial charge in [0.2, 0.25) is 0 Å². The molecule has 1 aliphatic heterocycles. The quantitative estimate of drug-likeness (QED) is 0.451. The van der Waals surface area contributed by atoms with Crippen LogP contribution in [0, 0.1) is 0 Å². The van der Waals surface area contributed by atoms with Crippen molar-refractivity contribution in [3.05, 3.63) is 35.9 Å². The highest BCUT2D eigenvalue weighted by Gasteiger charge is 2.59. The van der Waals surface area contributed by atoms with E-state index in [1.54, 1.807) is 51.1 Å². The van der Waals surface area contributed by atoms with Gasteiger partial charge in [0.25, 0.3) is 11.8 Å². The van der Waals surface area contributed by atoms with Gasteiger partial charge in [0, 0.05) is 33.4 Å². The molecule has 0 aliphatic carbocycles. The minimum Gasteiger partial charge on any atom is -0.385 e. The molecule has 0 aromatic heterocycles. The van der Waals surface area contributed by atoms with Gasteiger partial charge in [-0.25, -0.2) is 9.59 Å². The molecule has 5 amide bonds. The molecule has 9 nitrogen and oxygen atoms in total. The minimum atomic E-state index is -1.66. The van der Waals surface area contributed by atoms with Crippen molar-refractivity contribution in [2.75, 3.05) is 33.4 Å². The van der Waals surface area contributed by atoms with Gasteiger partial charge in [0.1, 0.15) is 0 Å². The predicted molar refractivity (Wildman–Crippen MR) is 108 cm³/mol. The fourth-order valence-electron chi connectivity index (χ4n) is 3.52. The smallest absolute Gasteiger partial charge is 0.385 e. The standard InChI is InChI=1S/C21H29N3O6/c1-5-21(16-12-9-8-10-13-16)17(25)23(14-11-15-29-4)19(27)24(18(21)26)30-20(28)22(6-2)7-3/h8-10,12-13H,5-7,11,14-15H2,1-4H3. The minimum absolute atomic E-state index is 0.0344. The van der Waals surface area contributed by atoms with Crippen LogP contribution in [0.1, 0.15) is 39.2 Å². The van der Waals surface area contributed by atoms with Crippen molar-refractivity contribution in [1.82, 2.24) is 14.9 Å². The first-order valence-corrected chi connectivity index (χ1v) is 10.1. The second-order valence-electron chi connectivity index (χ2n) is 6.84. The third-order valence-electron chi connectivity index (χ3n) is 5.28. The van der Waals surface area contributed by atoms with E-state index in [1.807, 2.05) is 0 Å². The van der Waals surface area contributed by atoms with Gasteiger partial charge in [0.05, 0.1) is 0 Å². The van der Waals surface area contributed by atoms with Gasteiger partial charge < -0.3 is 14.5 Å². The van der Waals surface area contributed by atoms with Crippen LogP contribution in [-0.4, -0.2) is 72.2 Å². The lowest BCUT2D eigenvalue weighted by Gasteiger charge is -2.42. The number of amides is 5. The van der Waals surface area contributed by atoms with Crippen molar-refractivity contribution in [3.63, 3.8) is 0 Å². The molecule has 1 saturated heterocycles. The topological polar surface area (TPSA) is 96.5 Å². The van der Waals surface area contributed by atoms with Crippen LogP contribution in [0.25, 0.3) is 0 Å². The van der Waals surface area contributed by atoms with E-state index in [2.05, 4.69) is 0 Å². The van der Waals surface area contributed by atoms with E-state index >= 15 is 0 Å². The number of hydrogen-bond acceptors (Lipinski definition) is 6. The average Bonchev–Trinajstić information content (AvgIpc) is 2.76. The SMILES string of the molecule is CCN(CC)C(=O)ON1C(=O)N(CCCOC)C(=O)C(CC)(c2ccccc2)C1=O. The molecule has 1 aromatic carbocycles. The van der Waals surface area contributed by atoms with E-state index in [4.69, 9.17) is 9.57 Å². The number of carbonyl (C=O) groups is 4. The molecule has 1 aliphatic rings. The zero-order chi connectivity index (χ0) is 22.3. The third-order valence-corrected chi connectivity index (χ3v) is 5.28. The van der Waals surface area contributed by atoms with Gasteiger partial charge in [-0.2, -0.15) is 0 Å². The largest absolute Gasteiger partial charge is 0.434 e. The summed E-state index contributed by atoms with van der Waals surface area (Å²) < 4.78 is 5.02. The molecule has 1 fully saturated rings. The number of ether oxygens (including phenoxy) is 1. The van der Waals surface area contributed by atoms with Crippen molar-refractivity contribution in [1.29, 1.82) is 0 Å². The summed E-state index contributed by atoms with van der Waals surface area (Å²) in [6.45, 7) is 6.26. The first-order valence-electron chi connectivity index (χ1n) is 10.1. The van der Waals surface area contributed by atoms with Crippen molar-refractivity contribution in [3.8, 4) is 0 Å². The third kappa shape index (κ3) is 4.16. The maximum absolute atomic E-state index is 13.4. The number of imide groups is 2. The highest BCUT2D eigenvalue weighted by molar-refractivity contribution is 6.22. The first-order chi connectivity index (χ1) is 14.4. The zero-order valence-electron chi connectivity index (χ0n) is 17.9. The fraction of sp³-hybridized carbons (Fsp3) is 0.524. The van der Waals surface area contributed by atoms with Crippen LogP contribution in [0.3, 0.4) is 0 Å². The van der Waals surface area contributed by atoms with Crippen molar-refractivity contribution < 1.29 is 28.8 Å². The van der Waals surface area contributed by atoms with Crippen LogP contribution in [0.15, 0.2) is 30.3 Å². The van der Waals surface area contributed by atoms with Crippen LogP contribution >= 0.6 is 0 Å². The maximum Gasteiger partial charge on any atom is 0.434 e. The summed E-state index contributed by atoms with van der Waals surface area (Å²) in [6.07, 6.45) is -0.345. The number of methoxy groups -OCH3 is 1. The summed E-state index contributed by atoms with van der Waals surface area (Å²) in [4.78, 5) is 59.9. The number of urea groups is 1. The number of carbonyl (C=O) groups excluding carboxylic acids is 4. The molecule has 1 unspecified atom stereocenters. The van der Waals surface area contributed by atoms with Crippen LogP contribution in [0.4, 0.5) is 9.59 Å². The molecule has 0 radical (unpaired) electrons. The maximum atomic E-state index is 13.4. The lowest BCUT2D eigenvalue weighted by Crippen LogP contribution is -2.67. The first kappa shape index (κ1) is 23.3. The van der Waals surface area contributed by atoms with Gasteiger partial charge in [-0.3, -0.25) is 14.5 Å². The lowest BCUT2D eigenvalue weighted by molar-refractivity contribution is -0.176. The summed E-state index contributed by atoms with van der Waals surface area (Å²) in [6, 6.07) is 7.54. The Kier molecular flexibility index (Phi) is 7.93. The highest BCUT2D eigenvalue weighted by atomic mass is 16.7. The van der Waals surface area contributed by atoms with Crippen molar-refractivity contribution in [2.45, 2.75) is 39.0 Å². The van der Waals surface area contributed by atoms with Crippen molar-refractivity contribution in [2.24, 2.45) is 0 Å². The molecule has 1 aromatic rings. The van der Waals surface area contributed by atoms with Crippen LogP contribution in [0.5, 0.6) is 0 Å². The molecule has 2 rings (SSSR count). The number of benzene rings is 1. The van der Waals surface area contributed by atoms with E-state index in [-0.39, 0.29) is 13.0 Å². The fourth-order valence-corrected chi connectivity index (χ4v) is 3.52. The van der Waals surface area contributed by atoms with Crippen LogP contribution in [-0.2, 0) is 24.6 Å². The summed E-state index contributed by atoms with van der Waals surface area (Å²) in [5, 5.41) is 0.436. The Labute approximate surface area is 176 Å². The van der Waals surface area contributed by atoms with Gasteiger partial charge in [-0.05, 0) is 32.3 Å². The normalized spacial score (nSPS) is 19.3. The molecule has 1 heterocycles. The Bertz CT molecular complexity index is 780. The predicted octanol–water partition coefficient (Wildman–Crippen LogP) is 2.56. The number of hydroxylamine groups is 2.